The van der Waals surface area contributed by atoms with Gasteiger partial charge in [-0.05, 0) is 30.2 Å². The summed E-state index contributed by atoms with van der Waals surface area (Å²) in [6.45, 7) is 1.72. The predicted octanol–water partition coefficient (Wildman–Crippen LogP) is 2.13. The molecule has 108 valence electrons. The lowest BCUT2D eigenvalue weighted by molar-refractivity contribution is -0.139. The van der Waals surface area contributed by atoms with Crippen LogP contribution in [0.4, 0.5) is 5.69 Å². The minimum absolute atomic E-state index is 0.372. The molecule has 0 aliphatic heterocycles. The number of amides is 1. The zero-order valence-electron chi connectivity index (χ0n) is 11.5. The van der Waals surface area contributed by atoms with E-state index in [4.69, 9.17) is 5.73 Å². The zero-order chi connectivity index (χ0) is 15.4. The molecule has 5 nitrogen and oxygen atoms in total. The van der Waals surface area contributed by atoms with E-state index in [9.17, 15) is 14.7 Å². The molecule has 2 aromatic carbocycles. The van der Waals surface area contributed by atoms with E-state index in [1.54, 1.807) is 55.5 Å². The van der Waals surface area contributed by atoms with Crippen molar-refractivity contribution >= 4 is 17.6 Å². The van der Waals surface area contributed by atoms with E-state index >= 15 is 0 Å². The van der Waals surface area contributed by atoms with Gasteiger partial charge in [-0.1, -0.05) is 36.4 Å². The molecule has 0 heterocycles. The van der Waals surface area contributed by atoms with Crippen molar-refractivity contribution in [1.29, 1.82) is 0 Å². The first-order valence-corrected chi connectivity index (χ1v) is 6.44. The summed E-state index contributed by atoms with van der Waals surface area (Å²) >= 11 is 0. The number of aliphatic carboxylic acids is 1. The number of nitrogens with one attached hydrogen (secondary N) is 1. The van der Waals surface area contributed by atoms with Gasteiger partial charge in [0, 0.05) is 11.3 Å². The third-order valence-electron chi connectivity index (χ3n) is 3.28. The Kier molecular flexibility index (Phi) is 4.23. The number of carboxylic acid groups (broad SMARTS) is 1. The summed E-state index contributed by atoms with van der Waals surface area (Å²) in [7, 11) is 0. The van der Waals surface area contributed by atoms with Crippen LogP contribution in [0.5, 0.6) is 0 Å². The first-order valence-electron chi connectivity index (χ1n) is 6.44. The SMILES string of the molecule is Cc1c(N)cccc1C(=O)N[C@@H](C(=O)O)c1ccccc1. The topological polar surface area (TPSA) is 92.4 Å². The Bertz CT molecular complexity index is 668. The van der Waals surface area contributed by atoms with Crippen molar-refractivity contribution in [2.45, 2.75) is 13.0 Å². The summed E-state index contributed by atoms with van der Waals surface area (Å²) < 4.78 is 0. The van der Waals surface area contributed by atoms with Crippen LogP contribution >= 0.6 is 0 Å². The molecule has 0 unspecified atom stereocenters. The number of hydrogen-bond donors (Lipinski definition) is 3. The van der Waals surface area contributed by atoms with E-state index in [1.165, 1.54) is 0 Å². The van der Waals surface area contributed by atoms with E-state index < -0.39 is 17.9 Å². The van der Waals surface area contributed by atoms with Gasteiger partial charge in [0.2, 0.25) is 0 Å². The second kappa shape index (κ2) is 6.09. The van der Waals surface area contributed by atoms with Crippen LogP contribution in [0.3, 0.4) is 0 Å². The van der Waals surface area contributed by atoms with Gasteiger partial charge in [0.1, 0.15) is 0 Å². The lowest BCUT2D eigenvalue weighted by atomic mass is 10.0. The van der Waals surface area contributed by atoms with Crippen molar-refractivity contribution in [3.05, 3.63) is 65.2 Å². The molecule has 2 aromatic rings. The number of benzene rings is 2. The quantitative estimate of drug-likeness (QED) is 0.750. The molecule has 0 aliphatic carbocycles. The lowest BCUT2D eigenvalue weighted by Crippen LogP contribution is -2.34. The Morgan fingerprint density at radius 3 is 2.38 bits per heavy atom. The maximum absolute atomic E-state index is 12.3. The van der Waals surface area contributed by atoms with Gasteiger partial charge in [0.05, 0.1) is 0 Å². The van der Waals surface area contributed by atoms with Crippen molar-refractivity contribution in [2.75, 3.05) is 5.73 Å². The highest BCUT2D eigenvalue weighted by atomic mass is 16.4. The molecule has 21 heavy (non-hydrogen) atoms. The highest BCUT2D eigenvalue weighted by Crippen LogP contribution is 2.18. The molecule has 4 N–H and O–H groups in total. The summed E-state index contributed by atoms with van der Waals surface area (Å²) in [6.07, 6.45) is 0. The molecular formula is C16H16N2O3. The van der Waals surface area contributed by atoms with Crippen LogP contribution in [-0.4, -0.2) is 17.0 Å². The Morgan fingerprint density at radius 2 is 1.76 bits per heavy atom. The number of anilines is 1. The molecule has 2 rings (SSSR count). The number of rotatable bonds is 4. The van der Waals surface area contributed by atoms with Crippen molar-refractivity contribution < 1.29 is 14.7 Å². The van der Waals surface area contributed by atoms with Crippen molar-refractivity contribution in [3.8, 4) is 0 Å². The van der Waals surface area contributed by atoms with Gasteiger partial charge in [-0.2, -0.15) is 0 Å². The normalized spacial score (nSPS) is 11.7. The molecule has 0 saturated heterocycles. The van der Waals surface area contributed by atoms with E-state index in [1.807, 2.05) is 0 Å². The van der Waals surface area contributed by atoms with Crippen molar-refractivity contribution in [1.82, 2.24) is 5.32 Å². The van der Waals surface area contributed by atoms with Gasteiger partial charge in [-0.3, -0.25) is 4.79 Å². The molecule has 0 spiro atoms. The fourth-order valence-corrected chi connectivity index (χ4v) is 2.04. The first-order chi connectivity index (χ1) is 10.0. The van der Waals surface area contributed by atoms with Crippen LogP contribution in [0, 0.1) is 6.92 Å². The first kappa shape index (κ1) is 14.6. The second-order valence-electron chi connectivity index (χ2n) is 4.68. The Balaban J connectivity index is 2.28. The summed E-state index contributed by atoms with van der Waals surface area (Å²) in [4.78, 5) is 23.7. The smallest absolute Gasteiger partial charge is 0.330 e. The van der Waals surface area contributed by atoms with E-state index in [0.29, 0.717) is 22.4 Å². The lowest BCUT2D eigenvalue weighted by Gasteiger charge is -2.16. The molecule has 0 aromatic heterocycles. The van der Waals surface area contributed by atoms with Crippen LogP contribution in [-0.2, 0) is 4.79 Å². The molecule has 0 radical (unpaired) electrons. The monoisotopic (exact) mass is 284 g/mol. The van der Waals surface area contributed by atoms with Crippen LogP contribution in [0.15, 0.2) is 48.5 Å². The van der Waals surface area contributed by atoms with E-state index in [0.717, 1.165) is 0 Å². The second-order valence-corrected chi connectivity index (χ2v) is 4.68. The largest absolute Gasteiger partial charge is 0.479 e. The molecule has 0 bridgehead atoms. The number of carbonyl (C=O) groups excluding carboxylic acids is 1. The Hall–Kier alpha value is -2.82. The molecule has 0 aliphatic rings. The van der Waals surface area contributed by atoms with Crippen LogP contribution in [0.2, 0.25) is 0 Å². The van der Waals surface area contributed by atoms with Gasteiger partial charge >= 0.3 is 5.97 Å². The summed E-state index contributed by atoms with van der Waals surface area (Å²) in [5.74, 6) is -1.58. The van der Waals surface area contributed by atoms with E-state index in [2.05, 4.69) is 5.32 Å². The van der Waals surface area contributed by atoms with Crippen LogP contribution in [0.25, 0.3) is 0 Å². The van der Waals surface area contributed by atoms with Gasteiger partial charge < -0.3 is 16.2 Å². The van der Waals surface area contributed by atoms with Crippen molar-refractivity contribution in [2.24, 2.45) is 0 Å². The molecular weight excluding hydrogens is 268 g/mol. The molecule has 1 amide bonds. The van der Waals surface area contributed by atoms with Crippen LogP contribution in [0.1, 0.15) is 27.5 Å². The maximum Gasteiger partial charge on any atom is 0.330 e. The van der Waals surface area contributed by atoms with Crippen molar-refractivity contribution in [3.63, 3.8) is 0 Å². The van der Waals surface area contributed by atoms with Gasteiger partial charge in [0.15, 0.2) is 6.04 Å². The number of carboxylic acids is 1. The number of nitrogen functional groups attached to an aromatic ring is 1. The minimum atomic E-state index is -1.11. The van der Waals surface area contributed by atoms with Gasteiger partial charge in [-0.25, -0.2) is 4.79 Å². The highest BCUT2D eigenvalue weighted by Gasteiger charge is 2.23. The Labute approximate surface area is 122 Å². The van der Waals surface area contributed by atoms with Crippen LogP contribution < -0.4 is 11.1 Å². The number of nitrogens with two attached hydrogens (primary N) is 1. The molecule has 5 heteroatoms. The third-order valence-corrected chi connectivity index (χ3v) is 3.28. The highest BCUT2D eigenvalue weighted by molar-refractivity contribution is 5.99. The fraction of sp³-hybridized carbons (Fsp3) is 0.125. The summed E-state index contributed by atoms with van der Waals surface area (Å²) in [5.41, 5.74) is 7.78. The van der Waals surface area contributed by atoms with Gasteiger partial charge in [0.25, 0.3) is 5.91 Å². The number of hydrogen-bond acceptors (Lipinski definition) is 3. The minimum Gasteiger partial charge on any atom is -0.479 e. The molecule has 0 saturated carbocycles. The average molecular weight is 284 g/mol. The summed E-state index contributed by atoms with van der Waals surface area (Å²) in [5, 5.41) is 11.8. The molecule has 0 fully saturated rings. The standard InChI is InChI=1S/C16H16N2O3/c1-10-12(8-5-9-13(10)17)15(19)18-14(16(20)21)11-6-3-2-4-7-11/h2-9,14H,17H2,1H3,(H,18,19)(H,20,21)/t14-/m1/s1. The zero-order valence-corrected chi connectivity index (χ0v) is 11.5. The third kappa shape index (κ3) is 3.20. The summed E-state index contributed by atoms with van der Waals surface area (Å²) in [6, 6.07) is 12.4. The maximum atomic E-state index is 12.3. The fourth-order valence-electron chi connectivity index (χ4n) is 2.04. The Morgan fingerprint density at radius 1 is 1.10 bits per heavy atom. The van der Waals surface area contributed by atoms with Gasteiger partial charge in [-0.15, -0.1) is 0 Å². The molecule has 1 atom stereocenters. The average Bonchev–Trinajstić information content (AvgIpc) is 2.48. The van der Waals surface area contributed by atoms with E-state index in [-0.39, 0.29) is 0 Å². The number of carbonyl (C=O) groups is 2. The predicted molar refractivity (Wildman–Crippen MR) is 79.9 cm³/mol.